The highest BCUT2D eigenvalue weighted by molar-refractivity contribution is 7.92. The van der Waals surface area contributed by atoms with E-state index in [0.717, 1.165) is 12.1 Å². The Morgan fingerprint density at radius 2 is 1.72 bits per heavy atom. The van der Waals surface area contributed by atoms with Crippen LogP contribution in [0.3, 0.4) is 0 Å². The highest BCUT2D eigenvalue weighted by atomic mass is 35.5. The van der Waals surface area contributed by atoms with Crippen LogP contribution in [-0.2, 0) is 9.84 Å². The van der Waals surface area contributed by atoms with Crippen LogP contribution in [0.25, 0.3) is 0 Å². The number of benzene rings is 2. The van der Waals surface area contributed by atoms with Crippen LogP contribution in [0.15, 0.2) is 47.4 Å². The van der Waals surface area contributed by atoms with Crippen LogP contribution in [0.4, 0.5) is 8.78 Å². The fraction of sp³-hybridized carbons (Fsp3) is 0.333. The van der Waals surface area contributed by atoms with Crippen LogP contribution >= 0.6 is 11.6 Å². The van der Waals surface area contributed by atoms with Crippen molar-refractivity contribution < 1.29 is 21.9 Å². The Morgan fingerprint density at radius 3 is 2.40 bits per heavy atom. The number of sulfone groups is 1. The molecule has 0 aromatic heterocycles. The molecule has 2 aromatic rings. The Balaban J connectivity index is 1.64. The maximum Gasteiger partial charge on any atom is 0.182 e. The van der Waals surface area contributed by atoms with Gasteiger partial charge in [-0.2, -0.15) is 0 Å². The summed E-state index contributed by atoms with van der Waals surface area (Å²) in [5.41, 5.74) is 0. The first-order chi connectivity index (χ1) is 11.9. The molecule has 0 unspecified atom stereocenters. The fourth-order valence-electron chi connectivity index (χ4n) is 3.09. The van der Waals surface area contributed by atoms with Crippen LogP contribution < -0.4 is 4.74 Å². The highest BCUT2D eigenvalue weighted by Crippen LogP contribution is 2.36. The second-order valence-electron chi connectivity index (χ2n) is 6.19. The van der Waals surface area contributed by atoms with Gasteiger partial charge in [0.2, 0.25) is 0 Å². The summed E-state index contributed by atoms with van der Waals surface area (Å²) >= 11 is 5.91. The van der Waals surface area contributed by atoms with Crippen LogP contribution in [0.2, 0.25) is 5.02 Å². The van der Waals surface area contributed by atoms with Crippen molar-refractivity contribution in [2.45, 2.75) is 29.4 Å². The highest BCUT2D eigenvalue weighted by Gasteiger charge is 2.36. The predicted octanol–water partition coefficient (Wildman–Crippen LogP) is 4.64. The first-order valence-corrected chi connectivity index (χ1v) is 9.86. The van der Waals surface area contributed by atoms with E-state index in [1.807, 2.05) is 0 Å². The molecule has 7 heteroatoms. The average Bonchev–Trinajstić information content (AvgIpc) is 3.04. The van der Waals surface area contributed by atoms with Crippen molar-refractivity contribution >= 4 is 21.4 Å². The normalized spacial score (nSPS) is 20.6. The molecule has 1 fully saturated rings. The molecular formula is C18H17ClF2O3S. The van der Waals surface area contributed by atoms with E-state index in [9.17, 15) is 17.2 Å². The van der Waals surface area contributed by atoms with Crippen LogP contribution in [0.1, 0.15) is 19.3 Å². The fourth-order valence-corrected chi connectivity index (χ4v) is 5.50. The van der Waals surface area contributed by atoms with Gasteiger partial charge in [-0.25, -0.2) is 17.2 Å². The second-order valence-corrected chi connectivity index (χ2v) is 8.79. The second kappa shape index (κ2) is 7.30. The minimum absolute atomic E-state index is 0.0272. The lowest BCUT2D eigenvalue weighted by Crippen LogP contribution is -2.20. The van der Waals surface area contributed by atoms with Crippen molar-refractivity contribution in [1.82, 2.24) is 0 Å². The lowest BCUT2D eigenvalue weighted by Gasteiger charge is -2.14. The minimum atomic E-state index is -3.61. The zero-order valence-corrected chi connectivity index (χ0v) is 14.9. The molecule has 3 nitrogen and oxygen atoms in total. The van der Waals surface area contributed by atoms with E-state index in [1.165, 1.54) is 30.3 Å². The van der Waals surface area contributed by atoms with Gasteiger partial charge < -0.3 is 4.74 Å². The van der Waals surface area contributed by atoms with Crippen LogP contribution in [-0.4, -0.2) is 20.3 Å². The maximum absolute atomic E-state index is 13.1. The number of ether oxygens (including phenoxy) is 1. The number of halogens is 3. The molecule has 0 radical (unpaired) electrons. The van der Waals surface area contributed by atoms with E-state index in [1.54, 1.807) is 0 Å². The molecule has 1 saturated carbocycles. The zero-order chi connectivity index (χ0) is 18.0. The van der Waals surface area contributed by atoms with E-state index >= 15 is 0 Å². The topological polar surface area (TPSA) is 43.4 Å². The van der Waals surface area contributed by atoms with Gasteiger partial charge in [0.15, 0.2) is 9.84 Å². The number of hydrogen-bond acceptors (Lipinski definition) is 3. The summed E-state index contributed by atoms with van der Waals surface area (Å²) in [6, 6.07) is 9.03. The van der Waals surface area contributed by atoms with Gasteiger partial charge in [0.1, 0.15) is 17.4 Å². The Kier molecular flexibility index (Phi) is 5.29. The van der Waals surface area contributed by atoms with Gasteiger partial charge in [0, 0.05) is 0 Å². The summed E-state index contributed by atoms with van der Waals surface area (Å²) in [7, 11) is -3.61. The Labute approximate surface area is 150 Å². The third kappa shape index (κ3) is 4.12. The van der Waals surface area contributed by atoms with Gasteiger partial charge >= 0.3 is 0 Å². The molecule has 0 N–H and O–H groups in total. The third-order valence-electron chi connectivity index (χ3n) is 4.43. The molecule has 1 aliphatic carbocycles. The summed E-state index contributed by atoms with van der Waals surface area (Å²) in [6.45, 7) is 0.370. The van der Waals surface area contributed by atoms with E-state index in [4.69, 9.17) is 16.3 Å². The monoisotopic (exact) mass is 386 g/mol. The lowest BCUT2D eigenvalue weighted by molar-refractivity contribution is 0.252. The molecule has 0 amide bonds. The van der Waals surface area contributed by atoms with E-state index < -0.39 is 20.9 Å². The molecule has 25 heavy (non-hydrogen) atoms. The Morgan fingerprint density at radius 1 is 1.04 bits per heavy atom. The minimum Gasteiger partial charge on any atom is -0.493 e. The smallest absolute Gasteiger partial charge is 0.182 e. The van der Waals surface area contributed by atoms with Crippen molar-refractivity contribution in [3.63, 3.8) is 0 Å². The number of hydrogen-bond donors (Lipinski definition) is 0. The quantitative estimate of drug-likeness (QED) is 0.703. The largest absolute Gasteiger partial charge is 0.493 e. The van der Waals surface area contributed by atoms with E-state index in [-0.39, 0.29) is 21.7 Å². The van der Waals surface area contributed by atoms with Gasteiger partial charge in [-0.3, -0.25) is 0 Å². The van der Waals surface area contributed by atoms with Gasteiger partial charge in [-0.05, 0) is 67.6 Å². The third-order valence-corrected chi connectivity index (χ3v) is 7.13. The summed E-state index contributed by atoms with van der Waals surface area (Å²) < 4.78 is 57.1. The van der Waals surface area contributed by atoms with Crippen LogP contribution in [0.5, 0.6) is 5.75 Å². The number of rotatable bonds is 5. The average molecular weight is 387 g/mol. The molecule has 3 rings (SSSR count). The first-order valence-electron chi connectivity index (χ1n) is 7.93. The van der Waals surface area contributed by atoms with Crippen LogP contribution in [0, 0.1) is 17.6 Å². The zero-order valence-electron chi connectivity index (χ0n) is 13.3. The van der Waals surface area contributed by atoms with Crippen molar-refractivity contribution in [2.24, 2.45) is 5.92 Å². The molecule has 0 heterocycles. The SMILES string of the molecule is O=S(=O)(c1ccc(F)cc1Cl)[C@H]1CC[C@@H](COc2ccc(F)cc2)C1. The summed E-state index contributed by atoms with van der Waals surface area (Å²) in [5.74, 6) is -0.269. The predicted molar refractivity (Wildman–Crippen MR) is 91.6 cm³/mol. The molecule has 0 bridgehead atoms. The maximum atomic E-state index is 13.1. The van der Waals surface area contributed by atoms with Gasteiger partial charge in [-0.15, -0.1) is 0 Å². The van der Waals surface area contributed by atoms with Crippen molar-refractivity contribution in [1.29, 1.82) is 0 Å². The molecule has 0 saturated heterocycles. The molecular weight excluding hydrogens is 370 g/mol. The molecule has 2 aromatic carbocycles. The van der Waals surface area contributed by atoms with E-state index in [2.05, 4.69) is 0 Å². The van der Waals surface area contributed by atoms with Crippen molar-refractivity contribution in [3.8, 4) is 5.75 Å². The van der Waals surface area contributed by atoms with Crippen molar-refractivity contribution in [3.05, 3.63) is 59.1 Å². The summed E-state index contributed by atoms with van der Waals surface area (Å²) in [4.78, 5) is -0.0272. The molecule has 0 spiro atoms. The summed E-state index contributed by atoms with van der Waals surface area (Å²) in [5, 5.41) is -0.650. The summed E-state index contributed by atoms with van der Waals surface area (Å²) in [6.07, 6.45) is 1.68. The van der Waals surface area contributed by atoms with Crippen molar-refractivity contribution in [2.75, 3.05) is 6.61 Å². The van der Waals surface area contributed by atoms with Gasteiger partial charge in [-0.1, -0.05) is 11.6 Å². The van der Waals surface area contributed by atoms with Gasteiger partial charge in [0.05, 0.1) is 21.8 Å². The lowest BCUT2D eigenvalue weighted by atomic mass is 10.1. The Bertz CT molecular complexity index is 853. The molecule has 2 atom stereocenters. The Hall–Kier alpha value is -1.66. The first kappa shape index (κ1) is 18.1. The van der Waals surface area contributed by atoms with E-state index in [0.29, 0.717) is 31.6 Å². The molecule has 134 valence electrons. The molecule has 0 aliphatic heterocycles. The molecule has 1 aliphatic rings. The van der Waals surface area contributed by atoms with Gasteiger partial charge in [0.25, 0.3) is 0 Å². The standard InChI is InChI=1S/C18H17ClF2O3S/c19-17-10-14(21)4-8-18(17)25(22,23)16-7-1-12(9-16)11-24-15-5-2-13(20)3-6-15/h2-6,8,10,12,16H,1,7,9,11H2/t12-,16+/m1/s1.